The lowest BCUT2D eigenvalue weighted by molar-refractivity contribution is 0.0925. The number of carbonyl (C=O) groups is 1. The molecule has 1 atom stereocenters. The van der Waals surface area contributed by atoms with Crippen molar-refractivity contribution >= 4 is 5.78 Å². The van der Waals surface area contributed by atoms with Gasteiger partial charge < -0.3 is 14.2 Å². The van der Waals surface area contributed by atoms with Gasteiger partial charge >= 0.3 is 0 Å². The predicted molar refractivity (Wildman–Crippen MR) is 103 cm³/mol. The minimum Gasteiger partial charge on any atom is -0.492 e. The van der Waals surface area contributed by atoms with E-state index in [2.05, 4.69) is 18.9 Å². The highest BCUT2D eigenvalue weighted by Crippen LogP contribution is 2.50. The Bertz CT molecular complexity index is 906. The van der Waals surface area contributed by atoms with E-state index >= 15 is 0 Å². The number of nitrogens with zero attached hydrogens (tertiary/aromatic N) is 1. The average molecular weight is 367 g/mol. The number of ether oxygens (including phenoxy) is 3. The van der Waals surface area contributed by atoms with Crippen LogP contribution in [0.3, 0.4) is 0 Å². The first kappa shape index (κ1) is 17.9. The fourth-order valence-corrected chi connectivity index (χ4v) is 3.99. The number of likely N-dealkylation sites (N-methyl/N-ethyl adjacent to an activating group) is 1. The summed E-state index contributed by atoms with van der Waals surface area (Å²) in [7, 11) is 3.71. The zero-order valence-electron chi connectivity index (χ0n) is 16.3. The molecule has 0 N–H and O–H groups in total. The summed E-state index contributed by atoms with van der Waals surface area (Å²) in [6, 6.07) is 7.91. The van der Waals surface area contributed by atoms with Crippen LogP contribution in [0.5, 0.6) is 17.2 Å². The van der Waals surface area contributed by atoms with Gasteiger partial charge in [0.25, 0.3) is 0 Å². The lowest BCUT2D eigenvalue weighted by atomic mass is 9.87. The molecule has 0 radical (unpaired) electrons. The molecule has 2 aromatic carbocycles. The Morgan fingerprint density at radius 2 is 2.04 bits per heavy atom. The molecule has 0 spiro atoms. The summed E-state index contributed by atoms with van der Waals surface area (Å²) in [5.41, 5.74) is 5.32. The maximum Gasteiger partial charge on any atom is 0.231 e. The lowest BCUT2D eigenvalue weighted by Gasteiger charge is -2.35. The Morgan fingerprint density at radius 1 is 1.22 bits per heavy atom. The lowest BCUT2D eigenvalue weighted by Crippen LogP contribution is -2.34. The summed E-state index contributed by atoms with van der Waals surface area (Å²) < 4.78 is 16.9. The van der Waals surface area contributed by atoms with Crippen molar-refractivity contribution in [2.75, 3.05) is 27.5 Å². The molecule has 2 heterocycles. The second kappa shape index (κ2) is 6.89. The SMILES string of the molecule is COc1c2c(cc3c1C(CC(=O)c1ccc(C)c(C)c1)N(C)CC3)OCO2. The largest absolute Gasteiger partial charge is 0.492 e. The molecule has 2 aliphatic rings. The molecule has 1 unspecified atom stereocenters. The van der Waals surface area contributed by atoms with Gasteiger partial charge in [-0.2, -0.15) is 0 Å². The highest BCUT2D eigenvalue weighted by molar-refractivity contribution is 5.97. The monoisotopic (exact) mass is 367 g/mol. The molecule has 2 aromatic rings. The molecule has 0 saturated carbocycles. The van der Waals surface area contributed by atoms with Crippen molar-refractivity contribution < 1.29 is 19.0 Å². The highest BCUT2D eigenvalue weighted by atomic mass is 16.7. The summed E-state index contributed by atoms with van der Waals surface area (Å²) in [5.74, 6) is 2.22. The van der Waals surface area contributed by atoms with Crippen LogP contribution in [0.1, 0.15) is 45.1 Å². The topological polar surface area (TPSA) is 48.0 Å². The third-order valence-electron chi connectivity index (χ3n) is 5.75. The minimum absolute atomic E-state index is 0.0488. The van der Waals surface area contributed by atoms with Crippen LogP contribution in [-0.2, 0) is 6.42 Å². The van der Waals surface area contributed by atoms with Gasteiger partial charge in [0, 0.05) is 30.1 Å². The molecular weight excluding hydrogens is 342 g/mol. The van der Waals surface area contributed by atoms with E-state index in [0.717, 1.165) is 35.4 Å². The average Bonchev–Trinajstić information content (AvgIpc) is 3.12. The van der Waals surface area contributed by atoms with Crippen molar-refractivity contribution in [3.63, 3.8) is 0 Å². The van der Waals surface area contributed by atoms with Crippen molar-refractivity contribution in [2.24, 2.45) is 0 Å². The summed E-state index contributed by atoms with van der Waals surface area (Å²) in [5, 5.41) is 0. The number of ketones is 1. The first-order chi connectivity index (χ1) is 13.0. The zero-order valence-corrected chi connectivity index (χ0v) is 16.3. The van der Waals surface area contributed by atoms with Gasteiger partial charge in [0.15, 0.2) is 17.3 Å². The van der Waals surface area contributed by atoms with E-state index < -0.39 is 0 Å². The van der Waals surface area contributed by atoms with E-state index in [1.807, 2.05) is 31.2 Å². The Balaban J connectivity index is 1.72. The number of benzene rings is 2. The van der Waals surface area contributed by atoms with Crippen LogP contribution < -0.4 is 14.2 Å². The first-order valence-corrected chi connectivity index (χ1v) is 9.29. The molecule has 0 saturated heterocycles. The number of aryl methyl sites for hydroxylation is 2. The predicted octanol–water partition coefficient (Wildman–Crippen LogP) is 3.84. The van der Waals surface area contributed by atoms with E-state index in [-0.39, 0.29) is 18.6 Å². The van der Waals surface area contributed by atoms with Crippen LogP contribution in [-0.4, -0.2) is 38.2 Å². The van der Waals surface area contributed by atoms with Gasteiger partial charge in [0.05, 0.1) is 7.11 Å². The van der Waals surface area contributed by atoms with Crippen LogP contribution in [0, 0.1) is 13.8 Å². The summed E-state index contributed by atoms with van der Waals surface area (Å²) in [4.78, 5) is 15.3. The van der Waals surface area contributed by atoms with E-state index in [1.165, 1.54) is 11.1 Å². The Labute approximate surface area is 159 Å². The molecule has 27 heavy (non-hydrogen) atoms. The molecule has 0 fully saturated rings. The number of Topliss-reactive ketones (excluding diaryl/α,β-unsaturated/α-hetero) is 1. The Morgan fingerprint density at radius 3 is 2.78 bits per heavy atom. The number of fused-ring (bicyclic) bond motifs is 2. The number of methoxy groups -OCH3 is 1. The Kier molecular flexibility index (Phi) is 4.56. The van der Waals surface area contributed by atoms with Crippen molar-refractivity contribution in [3.05, 3.63) is 52.1 Å². The summed E-state index contributed by atoms with van der Waals surface area (Å²) in [6.07, 6.45) is 1.30. The van der Waals surface area contributed by atoms with E-state index in [1.54, 1.807) is 7.11 Å². The molecule has 0 bridgehead atoms. The van der Waals surface area contributed by atoms with Gasteiger partial charge in [0.1, 0.15) is 0 Å². The fraction of sp³-hybridized carbons (Fsp3) is 0.409. The van der Waals surface area contributed by atoms with Crippen molar-refractivity contribution in [3.8, 4) is 17.2 Å². The van der Waals surface area contributed by atoms with Gasteiger partial charge in [-0.05, 0) is 56.1 Å². The first-order valence-electron chi connectivity index (χ1n) is 9.29. The van der Waals surface area contributed by atoms with Gasteiger partial charge in [-0.3, -0.25) is 9.69 Å². The number of rotatable bonds is 4. The van der Waals surface area contributed by atoms with Crippen LogP contribution >= 0.6 is 0 Å². The van der Waals surface area contributed by atoms with Gasteiger partial charge in [-0.1, -0.05) is 12.1 Å². The highest BCUT2D eigenvalue weighted by Gasteiger charge is 2.35. The van der Waals surface area contributed by atoms with Crippen molar-refractivity contribution in [1.82, 2.24) is 4.90 Å². The number of hydrogen-bond acceptors (Lipinski definition) is 5. The number of hydrogen-bond donors (Lipinski definition) is 0. The van der Waals surface area contributed by atoms with E-state index in [0.29, 0.717) is 17.9 Å². The molecule has 0 amide bonds. The minimum atomic E-state index is -0.0488. The van der Waals surface area contributed by atoms with Crippen LogP contribution in [0.15, 0.2) is 24.3 Å². The summed E-state index contributed by atoms with van der Waals surface area (Å²) in [6.45, 7) is 5.19. The molecular formula is C22H25NO4. The third-order valence-corrected chi connectivity index (χ3v) is 5.75. The smallest absolute Gasteiger partial charge is 0.231 e. The third kappa shape index (κ3) is 3.06. The molecule has 0 aliphatic carbocycles. The molecule has 2 aliphatic heterocycles. The molecule has 5 heteroatoms. The normalized spacial score (nSPS) is 18.3. The van der Waals surface area contributed by atoms with E-state index in [9.17, 15) is 4.79 Å². The van der Waals surface area contributed by atoms with Gasteiger partial charge in [-0.15, -0.1) is 0 Å². The van der Waals surface area contributed by atoms with Crippen LogP contribution in [0.4, 0.5) is 0 Å². The second-order valence-electron chi connectivity index (χ2n) is 7.39. The molecule has 0 aromatic heterocycles. The Hall–Kier alpha value is -2.53. The van der Waals surface area contributed by atoms with Crippen LogP contribution in [0.2, 0.25) is 0 Å². The zero-order chi connectivity index (χ0) is 19.1. The van der Waals surface area contributed by atoms with Crippen molar-refractivity contribution in [2.45, 2.75) is 32.7 Å². The fourth-order valence-electron chi connectivity index (χ4n) is 3.99. The quantitative estimate of drug-likeness (QED) is 0.769. The maximum atomic E-state index is 13.0. The van der Waals surface area contributed by atoms with Gasteiger partial charge in [-0.25, -0.2) is 0 Å². The maximum absolute atomic E-state index is 13.0. The standard InChI is InChI=1S/C22H25NO4/c1-13-5-6-15(9-14(13)2)18(24)11-17-20-16(7-8-23(17)3)10-19-21(22(20)25-4)27-12-26-19/h5-6,9-10,17H,7-8,11-12H2,1-4H3. The summed E-state index contributed by atoms with van der Waals surface area (Å²) >= 11 is 0. The number of carbonyl (C=O) groups excluding carboxylic acids is 1. The van der Waals surface area contributed by atoms with Crippen LogP contribution in [0.25, 0.3) is 0 Å². The second-order valence-corrected chi connectivity index (χ2v) is 7.39. The molecule has 4 rings (SSSR count). The van der Waals surface area contributed by atoms with Gasteiger partial charge in [0.2, 0.25) is 12.5 Å². The van der Waals surface area contributed by atoms with E-state index in [4.69, 9.17) is 14.2 Å². The molecule has 142 valence electrons. The molecule has 5 nitrogen and oxygen atoms in total. The van der Waals surface area contributed by atoms with Crippen molar-refractivity contribution in [1.29, 1.82) is 0 Å².